The van der Waals surface area contributed by atoms with Crippen molar-refractivity contribution in [3.8, 4) is 0 Å². The fourth-order valence-electron chi connectivity index (χ4n) is 1.87. The van der Waals surface area contributed by atoms with Crippen LogP contribution in [-0.4, -0.2) is 56.3 Å². The lowest BCUT2D eigenvalue weighted by Gasteiger charge is -2.26. The molecule has 0 amide bonds. The van der Waals surface area contributed by atoms with E-state index in [9.17, 15) is 8.42 Å². The lowest BCUT2D eigenvalue weighted by molar-refractivity contribution is 0.359. The van der Waals surface area contributed by atoms with Crippen molar-refractivity contribution in [1.29, 1.82) is 0 Å². The van der Waals surface area contributed by atoms with Crippen LogP contribution in [0.5, 0.6) is 0 Å². The predicted octanol–water partition coefficient (Wildman–Crippen LogP) is 0.647. The van der Waals surface area contributed by atoms with E-state index in [1.165, 1.54) is 4.31 Å². The molecule has 0 aromatic heterocycles. The van der Waals surface area contributed by atoms with Gasteiger partial charge in [-0.3, -0.25) is 0 Å². The SMILES string of the molecule is CCNCCCN(C)S(=O)(=O)N(CC)C1CC1. The molecule has 0 radical (unpaired) electrons. The van der Waals surface area contributed by atoms with Crippen LogP contribution in [0.3, 0.4) is 0 Å². The second-order valence-electron chi connectivity index (χ2n) is 4.47. The minimum absolute atomic E-state index is 0.251. The summed E-state index contributed by atoms with van der Waals surface area (Å²) in [6.07, 6.45) is 2.88. The first-order valence-corrected chi connectivity index (χ1v) is 7.87. The molecule has 0 aromatic carbocycles. The van der Waals surface area contributed by atoms with Crippen LogP contribution in [0.15, 0.2) is 0 Å². The van der Waals surface area contributed by atoms with Gasteiger partial charge in [-0.25, -0.2) is 0 Å². The number of hydrogen-bond acceptors (Lipinski definition) is 3. The first kappa shape index (κ1) is 14.9. The summed E-state index contributed by atoms with van der Waals surface area (Å²) in [5.74, 6) is 0. The molecule has 0 aromatic rings. The van der Waals surface area contributed by atoms with Gasteiger partial charge in [0.15, 0.2) is 0 Å². The summed E-state index contributed by atoms with van der Waals surface area (Å²) in [5.41, 5.74) is 0. The Morgan fingerprint density at radius 2 is 1.94 bits per heavy atom. The Labute approximate surface area is 105 Å². The van der Waals surface area contributed by atoms with Gasteiger partial charge in [-0.1, -0.05) is 13.8 Å². The number of nitrogens with zero attached hydrogens (tertiary/aromatic N) is 2. The highest BCUT2D eigenvalue weighted by molar-refractivity contribution is 7.86. The molecule has 0 saturated heterocycles. The van der Waals surface area contributed by atoms with Gasteiger partial charge in [0, 0.05) is 26.2 Å². The number of hydrogen-bond donors (Lipinski definition) is 1. The highest BCUT2D eigenvalue weighted by Gasteiger charge is 2.37. The summed E-state index contributed by atoms with van der Waals surface area (Å²) in [5, 5.41) is 3.20. The molecule has 1 N–H and O–H groups in total. The van der Waals surface area contributed by atoms with Crippen LogP contribution in [0.1, 0.15) is 33.1 Å². The van der Waals surface area contributed by atoms with Crippen LogP contribution in [-0.2, 0) is 10.2 Å². The van der Waals surface area contributed by atoms with Crippen LogP contribution in [0.2, 0.25) is 0 Å². The molecule has 17 heavy (non-hydrogen) atoms. The highest BCUT2D eigenvalue weighted by atomic mass is 32.2. The Hall–Kier alpha value is -0.170. The smallest absolute Gasteiger partial charge is 0.281 e. The average molecular weight is 263 g/mol. The van der Waals surface area contributed by atoms with Gasteiger partial charge in [0.25, 0.3) is 10.2 Å². The van der Waals surface area contributed by atoms with E-state index in [4.69, 9.17) is 0 Å². The van der Waals surface area contributed by atoms with Crippen molar-refractivity contribution in [2.75, 3.05) is 33.2 Å². The molecule has 0 bridgehead atoms. The Bertz CT molecular complexity index is 315. The molecular formula is C11H25N3O2S. The number of rotatable bonds is 9. The third-order valence-corrected chi connectivity index (χ3v) is 5.15. The fourth-order valence-corrected chi connectivity index (χ4v) is 3.50. The maximum absolute atomic E-state index is 12.2. The third kappa shape index (κ3) is 4.21. The maximum Gasteiger partial charge on any atom is 0.281 e. The summed E-state index contributed by atoms with van der Waals surface area (Å²) in [6, 6.07) is 0.251. The van der Waals surface area contributed by atoms with Crippen LogP contribution in [0.4, 0.5) is 0 Å². The molecule has 1 rings (SSSR count). The van der Waals surface area contributed by atoms with Crippen LogP contribution in [0.25, 0.3) is 0 Å². The van der Waals surface area contributed by atoms with Gasteiger partial charge in [0.2, 0.25) is 0 Å². The van der Waals surface area contributed by atoms with Crippen molar-refractivity contribution in [2.24, 2.45) is 0 Å². The Morgan fingerprint density at radius 3 is 2.41 bits per heavy atom. The molecule has 0 spiro atoms. The summed E-state index contributed by atoms with van der Waals surface area (Å²) >= 11 is 0. The van der Waals surface area contributed by atoms with Gasteiger partial charge in [-0.15, -0.1) is 0 Å². The molecule has 5 nitrogen and oxygen atoms in total. The van der Waals surface area contributed by atoms with Crippen LogP contribution in [0, 0.1) is 0 Å². The Kier molecular flexibility index (Phi) is 5.85. The topological polar surface area (TPSA) is 52.7 Å². The summed E-state index contributed by atoms with van der Waals surface area (Å²) < 4.78 is 27.6. The highest BCUT2D eigenvalue weighted by Crippen LogP contribution is 2.29. The quantitative estimate of drug-likeness (QED) is 0.621. The van der Waals surface area contributed by atoms with Crippen LogP contribution >= 0.6 is 0 Å². The zero-order chi connectivity index (χ0) is 12.9. The van der Waals surface area contributed by atoms with Crippen molar-refractivity contribution >= 4 is 10.2 Å². The predicted molar refractivity (Wildman–Crippen MR) is 70.1 cm³/mol. The van der Waals surface area contributed by atoms with E-state index in [0.29, 0.717) is 13.1 Å². The molecule has 1 saturated carbocycles. The van der Waals surface area contributed by atoms with Gasteiger partial charge in [0.05, 0.1) is 0 Å². The minimum atomic E-state index is -3.24. The zero-order valence-corrected chi connectivity index (χ0v) is 12.0. The molecular weight excluding hydrogens is 238 g/mol. The normalized spacial score (nSPS) is 17.0. The van der Waals surface area contributed by atoms with Crippen molar-refractivity contribution < 1.29 is 8.42 Å². The number of nitrogens with one attached hydrogen (secondary N) is 1. The lowest BCUT2D eigenvalue weighted by Crippen LogP contribution is -2.43. The van der Waals surface area contributed by atoms with Crippen molar-refractivity contribution in [1.82, 2.24) is 13.9 Å². The largest absolute Gasteiger partial charge is 0.317 e. The average Bonchev–Trinajstić information content (AvgIpc) is 3.09. The zero-order valence-electron chi connectivity index (χ0n) is 11.1. The van der Waals surface area contributed by atoms with E-state index in [2.05, 4.69) is 5.32 Å². The van der Waals surface area contributed by atoms with E-state index in [-0.39, 0.29) is 6.04 Å². The molecule has 102 valence electrons. The van der Waals surface area contributed by atoms with Crippen LogP contribution < -0.4 is 5.32 Å². The monoisotopic (exact) mass is 263 g/mol. The second-order valence-corrected chi connectivity index (χ2v) is 6.46. The molecule has 1 aliphatic carbocycles. The summed E-state index contributed by atoms with van der Waals surface area (Å²) in [7, 11) is -1.56. The minimum Gasteiger partial charge on any atom is -0.317 e. The Morgan fingerprint density at radius 1 is 1.29 bits per heavy atom. The fraction of sp³-hybridized carbons (Fsp3) is 1.00. The summed E-state index contributed by atoms with van der Waals surface area (Å²) in [6.45, 7) is 6.91. The van der Waals surface area contributed by atoms with Gasteiger partial charge in [0.1, 0.15) is 0 Å². The van der Waals surface area contributed by atoms with Crippen molar-refractivity contribution in [3.63, 3.8) is 0 Å². The maximum atomic E-state index is 12.2. The molecule has 1 fully saturated rings. The standard InChI is InChI=1S/C11H25N3O2S/c1-4-12-9-6-10-13(3)17(15,16)14(5-2)11-7-8-11/h11-12H,4-10H2,1-3H3. The first-order valence-electron chi connectivity index (χ1n) is 6.47. The second kappa shape index (κ2) is 6.68. The van der Waals surface area contributed by atoms with E-state index in [1.54, 1.807) is 11.4 Å². The molecule has 1 aliphatic rings. The van der Waals surface area contributed by atoms with Gasteiger partial charge < -0.3 is 5.32 Å². The molecule has 0 aliphatic heterocycles. The van der Waals surface area contributed by atoms with Gasteiger partial charge in [-0.05, 0) is 32.4 Å². The van der Waals surface area contributed by atoms with Crippen molar-refractivity contribution in [3.05, 3.63) is 0 Å². The van der Waals surface area contributed by atoms with Gasteiger partial charge >= 0.3 is 0 Å². The van der Waals surface area contributed by atoms with E-state index in [0.717, 1.165) is 32.4 Å². The Balaban J connectivity index is 2.44. The van der Waals surface area contributed by atoms with E-state index < -0.39 is 10.2 Å². The van der Waals surface area contributed by atoms with E-state index >= 15 is 0 Å². The summed E-state index contributed by atoms with van der Waals surface area (Å²) in [4.78, 5) is 0. The molecule has 0 heterocycles. The van der Waals surface area contributed by atoms with Crippen molar-refractivity contribution in [2.45, 2.75) is 39.2 Å². The lowest BCUT2D eigenvalue weighted by atomic mass is 10.4. The molecule has 0 unspecified atom stereocenters. The van der Waals surface area contributed by atoms with Gasteiger partial charge in [-0.2, -0.15) is 17.0 Å². The first-order chi connectivity index (χ1) is 8.04. The third-order valence-electron chi connectivity index (χ3n) is 3.03. The molecule has 0 atom stereocenters. The van der Waals surface area contributed by atoms with E-state index in [1.807, 2.05) is 13.8 Å². The molecule has 6 heteroatoms.